The molecule has 1 aliphatic heterocycles. The van der Waals surface area contributed by atoms with Gasteiger partial charge in [0.1, 0.15) is 16.8 Å². The number of nitrogen functional groups attached to an aromatic ring is 1. The van der Waals surface area contributed by atoms with E-state index >= 15 is 0 Å². The zero-order valence-electron chi connectivity index (χ0n) is 37.5. The van der Waals surface area contributed by atoms with E-state index in [2.05, 4.69) is 53.7 Å². The van der Waals surface area contributed by atoms with Crippen LogP contribution in [0, 0.1) is 17.1 Å². The fourth-order valence-electron chi connectivity index (χ4n) is 5.34. The summed E-state index contributed by atoms with van der Waals surface area (Å²) >= 11 is 52.9. The number of nitrogens with two attached hydrogens (primary N) is 1. The number of carbonyl (C=O) groups excluding carboxylic acids is 3. The third kappa shape index (κ3) is 19.8. The van der Waals surface area contributed by atoms with Crippen LogP contribution in [0.15, 0.2) is 72.8 Å². The van der Waals surface area contributed by atoms with Gasteiger partial charge in [0.25, 0.3) is 5.91 Å². The Labute approximate surface area is 479 Å². The van der Waals surface area contributed by atoms with E-state index in [4.69, 9.17) is 82.0 Å². The van der Waals surface area contributed by atoms with Crippen LogP contribution < -0.4 is 45.7 Å². The molecule has 0 saturated carbocycles. The number of anilines is 1. The van der Waals surface area contributed by atoms with Crippen molar-refractivity contribution in [2.24, 2.45) is 0 Å². The number of imide groups is 1. The molecule has 1 aliphatic rings. The number of amides is 2. The summed E-state index contributed by atoms with van der Waals surface area (Å²) < 4.78 is 45.9. The summed E-state index contributed by atoms with van der Waals surface area (Å²) in [6.45, 7) is 4.90. The summed E-state index contributed by atoms with van der Waals surface area (Å²) in [6.07, 6.45) is 0.267. The number of carbonyl (C=O) groups is 3. The van der Waals surface area contributed by atoms with Crippen molar-refractivity contribution in [3.05, 3.63) is 130 Å². The molecule has 3 N–H and O–H groups in total. The van der Waals surface area contributed by atoms with Crippen molar-refractivity contribution in [3.63, 3.8) is 0 Å². The maximum absolute atomic E-state index is 12.5. The second-order valence-corrected chi connectivity index (χ2v) is 26.3. The van der Waals surface area contributed by atoms with Crippen LogP contribution in [-0.4, -0.2) is 47.6 Å². The van der Waals surface area contributed by atoms with Crippen molar-refractivity contribution in [1.82, 2.24) is 15.3 Å². The number of aromatic nitrogens is 2. The minimum Gasteiger partial charge on any atom is -0.850 e. The predicted molar refractivity (Wildman–Crippen MR) is 284 cm³/mol. The number of hydrogen-bond acceptors (Lipinski definition) is 13. The largest absolute Gasteiger partial charge is 1.00 e. The molecular weight excluding hydrogens is 1190 g/mol. The van der Waals surface area contributed by atoms with E-state index in [-0.39, 0.29) is 58.6 Å². The second kappa shape index (κ2) is 28.9. The molecule has 0 spiro atoms. The third-order valence-electron chi connectivity index (χ3n) is 7.87. The van der Waals surface area contributed by atoms with Gasteiger partial charge in [0.05, 0.1) is 48.4 Å². The summed E-state index contributed by atoms with van der Waals surface area (Å²) in [5.74, 6) is -1.53. The molecule has 27 heteroatoms. The van der Waals surface area contributed by atoms with Crippen LogP contribution in [0.4, 0.5) is 14.5 Å². The first-order valence-electron chi connectivity index (χ1n) is 19.2. The van der Waals surface area contributed by atoms with Gasteiger partial charge in [-0.15, -0.1) is 39.6 Å². The number of rotatable bonds is 1. The van der Waals surface area contributed by atoms with Gasteiger partial charge in [-0.05, 0) is 123 Å². The van der Waals surface area contributed by atoms with Crippen molar-refractivity contribution in [2.75, 3.05) is 20.0 Å². The number of thiophene rings is 3. The SMILES string of the molecule is CC(C)(C)[O-].COC(=O)c1sc2cc(Cl)ccc2c1N.Clc1ccc2c(c1)sc1c(Cl)nc(Cl)nc12.N#Cc1ccc(Cl)cc1F.O=C1Cc2c(sc3cc(Cl)ccc23)C(=O)N1.O=P(Cl)(Cl)Cl.[2H]CF.[Na+]. The maximum atomic E-state index is 12.5. The number of nitriles is 1. The van der Waals surface area contributed by atoms with Crippen LogP contribution in [0.1, 0.15) is 52.6 Å². The molecule has 11 nitrogen and oxygen atoms in total. The van der Waals surface area contributed by atoms with E-state index in [9.17, 15) is 32.8 Å². The molecule has 0 atom stereocenters. The summed E-state index contributed by atoms with van der Waals surface area (Å²) in [5.41, 5.74) is 7.16. The van der Waals surface area contributed by atoms with Crippen LogP contribution in [0.25, 0.3) is 40.5 Å². The molecule has 70 heavy (non-hydrogen) atoms. The summed E-state index contributed by atoms with van der Waals surface area (Å²) in [4.78, 5) is 43.4. The number of alkyl halides is 1. The minimum atomic E-state index is -3.22. The summed E-state index contributed by atoms with van der Waals surface area (Å²) in [7, 11) is 0.332. The molecule has 0 aliphatic carbocycles. The monoisotopic (exact) mass is 1220 g/mol. The number of benzene rings is 4. The molecule has 0 radical (unpaired) electrons. The molecule has 0 bridgehead atoms. The Hall–Kier alpha value is -2.34. The molecule has 0 fully saturated rings. The Morgan fingerprint density at radius 2 is 1.31 bits per heavy atom. The quantitative estimate of drug-likeness (QED) is 0.0400. The molecule has 0 unspecified atom stereocenters. The van der Waals surface area contributed by atoms with Crippen molar-refractivity contribution in [1.29, 1.82) is 5.26 Å². The first kappa shape index (κ1) is 62.0. The van der Waals surface area contributed by atoms with Crippen LogP contribution in [0.5, 0.6) is 0 Å². The van der Waals surface area contributed by atoms with Gasteiger partial charge < -0.3 is 15.6 Å². The molecule has 9 rings (SSSR count). The Balaban J connectivity index is 0.000000301. The number of esters is 1. The van der Waals surface area contributed by atoms with E-state index in [1.54, 1.807) is 51.1 Å². The fourth-order valence-corrected chi connectivity index (χ4v) is 10.0. The van der Waals surface area contributed by atoms with Gasteiger partial charge >= 0.3 is 40.7 Å². The average Bonchev–Trinajstić information content (AvgIpc) is 3.90. The normalized spacial score (nSPS) is 11.6. The van der Waals surface area contributed by atoms with E-state index in [1.165, 1.54) is 53.3 Å². The number of halogens is 11. The maximum Gasteiger partial charge on any atom is 1.00 e. The van der Waals surface area contributed by atoms with Gasteiger partial charge in [-0.2, -0.15) is 5.26 Å². The smallest absolute Gasteiger partial charge is 0.850 e. The first-order valence-corrected chi connectivity index (χ1v) is 27.6. The predicted octanol–water partition coefficient (Wildman–Crippen LogP) is 13.0. The van der Waals surface area contributed by atoms with E-state index in [0.29, 0.717) is 40.7 Å². The van der Waals surface area contributed by atoms with Crippen LogP contribution in [0.2, 0.25) is 30.5 Å². The number of nitrogens with one attached hydrogen (secondary N) is 1. The second-order valence-electron chi connectivity index (χ2n) is 14.0. The summed E-state index contributed by atoms with van der Waals surface area (Å²) in [5, 5.41) is 23.0. The number of fused-ring (bicyclic) bond motifs is 7. The molecule has 4 aromatic heterocycles. The van der Waals surface area contributed by atoms with Gasteiger partial charge in [-0.1, -0.05) is 84.8 Å². The molecule has 2 amide bonds. The van der Waals surface area contributed by atoms with Crippen molar-refractivity contribution < 1.29 is 68.5 Å². The zero-order chi connectivity index (χ0) is 52.8. The first-order chi connectivity index (χ1) is 32.6. The Morgan fingerprint density at radius 1 is 0.857 bits per heavy atom. The molecule has 4 aromatic carbocycles. The fraction of sp³-hybridized carbons (Fsp3) is 0.163. The van der Waals surface area contributed by atoms with Crippen molar-refractivity contribution in [3.8, 4) is 6.07 Å². The van der Waals surface area contributed by atoms with Gasteiger partial charge in [-0.3, -0.25) is 23.9 Å². The van der Waals surface area contributed by atoms with E-state index in [1.807, 2.05) is 30.3 Å². The number of methoxy groups -OCH3 is 1. The van der Waals surface area contributed by atoms with Gasteiger partial charge in [0.2, 0.25) is 11.2 Å². The number of nitrogens with zero attached hydrogens (tertiary/aromatic N) is 3. The third-order valence-corrected chi connectivity index (χ3v) is 12.9. The van der Waals surface area contributed by atoms with Crippen molar-refractivity contribution in [2.45, 2.75) is 32.8 Å². The Bertz CT molecular complexity index is 3270. The topological polar surface area (TPSA) is 188 Å². The molecule has 5 heterocycles. The molecule has 366 valence electrons. The Kier molecular flexibility index (Phi) is 25.6. The van der Waals surface area contributed by atoms with Crippen LogP contribution >= 0.6 is 143 Å². The van der Waals surface area contributed by atoms with Gasteiger partial charge in [0.15, 0.2) is 5.15 Å². The zero-order valence-corrected chi connectivity index (χ0v) is 48.7. The average molecular weight is 1220 g/mol. The number of ether oxygens (including phenoxy) is 1. The minimum absolute atomic E-state index is 0. The summed E-state index contributed by atoms with van der Waals surface area (Å²) in [6, 6.07) is 22.0. The van der Waals surface area contributed by atoms with Crippen LogP contribution in [-0.2, 0) is 20.5 Å². The van der Waals surface area contributed by atoms with Gasteiger partial charge in [-0.25, -0.2) is 19.2 Å². The Morgan fingerprint density at radius 3 is 1.81 bits per heavy atom. The van der Waals surface area contributed by atoms with Crippen LogP contribution in [0.3, 0.4) is 0 Å². The number of hydrogen-bond donors (Lipinski definition) is 2. The van der Waals surface area contributed by atoms with E-state index in [0.717, 1.165) is 52.1 Å². The molecule has 0 saturated heterocycles. The van der Waals surface area contributed by atoms with Crippen molar-refractivity contribution >= 4 is 206 Å². The van der Waals surface area contributed by atoms with E-state index < -0.39 is 29.7 Å². The molecular formula is C43H32Cl9F2N5NaO6PS3. The van der Waals surface area contributed by atoms with Gasteiger partial charge in [0, 0.05) is 45.0 Å². The standard InChI is InChI=1S/C11H6ClNO2S.C10H3Cl3N2S.C10H8ClNO2S.C7H3ClFN.C4H9O.CH3F.Cl3OP.Na/c12-5-1-2-6-7-4-9(14)13-11(15)10(7)16-8(6)3-5;11-4-1-2-5-6(3-4)16-8-7(5)14-10(13)15-9(8)12;1-14-10(13)9-8(12)6-3-2-5(11)4-7(6)15-9;8-6-2-1-5(4-10)7(9)3-6;1-4(2,3)5;1-2;1-5(2,3)4;/h1-3H,4H2,(H,13,14,15);1-3H;2-4H,12H2,1H3;1-3H;1-3H3;1H3;;/q;;;;-1;;;+1/i;;;;;1D;;. The molecule has 8 aromatic rings.